The van der Waals surface area contributed by atoms with Gasteiger partial charge in [0.2, 0.25) is 0 Å². The van der Waals surface area contributed by atoms with Crippen LogP contribution in [0.25, 0.3) is 0 Å². The van der Waals surface area contributed by atoms with Crippen molar-refractivity contribution in [2.75, 3.05) is 59.6 Å². The molecule has 0 heterocycles. The Balaban J connectivity index is 3.58. The predicted octanol–water partition coefficient (Wildman–Crippen LogP) is 2.58. The number of rotatable bonds is 12. The van der Waals surface area contributed by atoms with Crippen molar-refractivity contribution >= 4 is 7.92 Å². The van der Waals surface area contributed by atoms with Gasteiger partial charge in [-0.2, -0.15) is 0 Å². The lowest BCUT2D eigenvalue weighted by molar-refractivity contribution is 0.197. The maximum atomic E-state index is 5.10. The summed E-state index contributed by atoms with van der Waals surface area (Å²) < 4.78 is 15.3. The van der Waals surface area contributed by atoms with Crippen LogP contribution >= 0.6 is 7.92 Å². The first kappa shape index (κ1) is 16.3. The zero-order valence-electron chi connectivity index (χ0n) is 11.0. The average Bonchev–Trinajstić information content (AvgIpc) is 2.29. The minimum Gasteiger partial charge on any atom is -0.385 e. The second kappa shape index (κ2) is 13.4. The van der Waals surface area contributed by atoms with Crippen LogP contribution in [0, 0.1) is 0 Å². The highest BCUT2D eigenvalue weighted by molar-refractivity contribution is 7.57. The molecule has 16 heavy (non-hydrogen) atoms. The van der Waals surface area contributed by atoms with Gasteiger partial charge in [-0.15, -0.1) is 7.92 Å². The second-order valence-corrected chi connectivity index (χ2v) is 6.56. The maximum Gasteiger partial charge on any atom is 0.0465 e. The molecule has 0 bridgehead atoms. The van der Waals surface area contributed by atoms with E-state index in [4.69, 9.17) is 14.2 Å². The molecule has 3 nitrogen and oxygen atoms in total. The van der Waals surface area contributed by atoms with Crippen LogP contribution in [0.2, 0.25) is 0 Å². The smallest absolute Gasteiger partial charge is 0.0465 e. The molecule has 0 rings (SSSR count). The van der Waals surface area contributed by atoms with E-state index in [-0.39, 0.29) is 7.92 Å². The van der Waals surface area contributed by atoms with Gasteiger partial charge in [0.15, 0.2) is 0 Å². The maximum absolute atomic E-state index is 5.10. The first-order chi connectivity index (χ1) is 7.85. The van der Waals surface area contributed by atoms with Gasteiger partial charge in [-0.05, 0) is 37.7 Å². The summed E-state index contributed by atoms with van der Waals surface area (Å²) in [6.07, 6.45) is 7.58. The van der Waals surface area contributed by atoms with Crippen LogP contribution in [0.4, 0.5) is 0 Å². The lowest BCUT2D eigenvalue weighted by atomic mass is 10.5. The monoisotopic (exact) mass is 250 g/mol. The van der Waals surface area contributed by atoms with Gasteiger partial charge in [-0.3, -0.25) is 0 Å². The normalized spacial score (nSPS) is 11.2. The fourth-order valence-corrected chi connectivity index (χ4v) is 4.03. The Labute approximate surface area is 102 Å². The summed E-state index contributed by atoms with van der Waals surface area (Å²) in [6.45, 7) is 2.69. The van der Waals surface area contributed by atoms with Gasteiger partial charge in [0.05, 0.1) is 0 Å². The van der Waals surface area contributed by atoms with Crippen LogP contribution in [-0.2, 0) is 14.2 Å². The van der Waals surface area contributed by atoms with Crippen molar-refractivity contribution in [3.05, 3.63) is 0 Å². The SMILES string of the molecule is COCCCP(CCCOC)CCCOC. The lowest BCUT2D eigenvalue weighted by Gasteiger charge is -2.17. The zero-order valence-corrected chi connectivity index (χ0v) is 11.9. The number of hydrogen-bond acceptors (Lipinski definition) is 3. The van der Waals surface area contributed by atoms with E-state index in [2.05, 4.69) is 0 Å². The predicted molar refractivity (Wildman–Crippen MR) is 71.0 cm³/mol. The van der Waals surface area contributed by atoms with Gasteiger partial charge >= 0.3 is 0 Å². The fraction of sp³-hybridized carbons (Fsp3) is 1.00. The molecule has 0 fully saturated rings. The van der Waals surface area contributed by atoms with Crippen molar-refractivity contribution in [1.29, 1.82) is 0 Å². The highest BCUT2D eigenvalue weighted by atomic mass is 31.1. The Morgan fingerprint density at radius 2 is 0.938 bits per heavy atom. The number of methoxy groups -OCH3 is 3. The fourth-order valence-electron chi connectivity index (χ4n) is 1.63. The molecule has 0 saturated carbocycles. The van der Waals surface area contributed by atoms with Crippen LogP contribution in [0.1, 0.15) is 19.3 Å². The van der Waals surface area contributed by atoms with Gasteiger partial charge in [-0.1, -0.05) is 0 Å². The van der Waals surface area contributed by atoms with Crippen LogP contribution in [0.3, 0.4) is 0 Å². The molecule has 0 radical (unpaired) electrons. The average molecular weight is 250 g/mol. The van der Waals surface area contributed by atoms with E-state index < -0.39 is 0 Å². The third kappa shape index (κ3) is 10.8. The number of ether oxygens (including phenoxy) is 3. The van der Waals surface area contributed by atoms with Crippen LogP contribution in [0.15, 0.2) is 0 Å². The summed E-state index contributed by atoms with van der Waals surface area (Å²) in [5, 5.41) is 0. The summed E-state index contributed by atoms with van der Waals surface area (Å²) in [6, 6.07) is 0. The molecule has 0 aliphatic carbocycles. The van der Waals surface area contributed by atoms with E-state index in [1.165, 1.54) is 37.7 Å². The van der Waals surface area contributed by atoms with Gasteiger partial charge in [0.25, 0.3) is 0 Å². The van der Waals surface area contributed by atoms with E-state index >= 15 is 0 Å². The number of hydrogen-bond donors (Lipinski definition) is 0. The molecule has 0 aromatic carbocycles. The second-order valence-electron chi connectivity index (χ2n) is 3.88. The van der Waals surface area contributed by atoms with E-state index in [1.54, 1.807) is 21.3 Å². The Hall–Kier alpha value is 0.310. The van der Waals surface area contributed by atoms with E-state index in [0.29, 0.717) is 0 Å². The third-order valence-electron chi connectivity index (χ3n) is 2.47. The van der Waals surface area contributed by atoms with Crippen molar-refractivity contribution in [3.8, 4) is 0 Å². The van der Waals surface area contributed by atoms with Crippen LogP contribution in [0.5, 0.6) is 0 Å². The Morgan fingerprint density at radius 3 is 1.19 bits per heavy atom. The molecule has 0 aliphatic heterocycles. The summed E-state index contributed by atoms with van der Waals surface area (Å²) in [5.41, 5.74) is 0. The molecule has 0 N–H and O–H groups in total. The molecule has 0 aromatic rings. The Kier molecular flexibility index (Phi) is 13.6. The summed E-state index contributed by atoms with van der Waals surface area (Å²) in [7, 11) is 5.49. The Morgan fingerprint density at radius 1 is 0.625 bits per heavy atom. The van der Waals surface area contributed by atoms with Crippen molar-refractivity contribution in [2.45, 2.75) is 19.3 Å². The van der Waals surface area contributed by atoms with E-state index in [0.717, 1.165) is 19.8 Å². The lowest BCUT2D eigenvalue weighted by Crippen LogP contribution is -2.03. The van der Waals surface area contributed by atoms with Crippen LogP contribution < -0.4 is 0 Å². The molecule has 0 aromatic heterocycles. The molecular formula is C12H27O3P. The topological polar surface area (TPSA) is 27.7 Å². The molecule has 0 unspecified atom stereocenters. The highest BCUT2D eigenvalue weighted by Crippen LogP contribution is 2.37. The minimum absolute atomic E-state index is 0.165. The van der Waals surface area contributed by atoms with Gasteiger partial charge < -0.3 is 14.2 Å². The standard InChI is InChI=1S/C12H27O3P/c1-13-7-4-10-16(11-5-8-14-2)12-6-9-15-3/h4-12H2,1-3H3. The quantitative estimate of drug-likeness (QED) is 0.393. The molecule has 0 saturated heterocycles. The Bertz CT molecular complexity index is 110. The minimum atomic E-state index is 0.165. The molecule has 0 aliphatic rings. The van der Waals surface area contributed by atoms with Gasteiger partial charge in [0, 0.05) is 41.2 Å². The van der Waals surface area contributed by atoms with Gasteiger partial charge in [-0.25, -0.2) is 0 Å². The summed E-state index contributed by atoms with van der Waals surface area (Å²) in [5.74, 6) is 0. The van der Waals surface area contributed by atoms with Crippen LogP contribution in [-0.4, -0.2) is 59.6 Å². The van der Waals surface area contributed by atoms with Gasteiger partial charge in [0.1, 0.15) is 0 Å². The molecule has 0 amide bonds. The first-order valence-corrected chi connectivity index (χ1v) is 7.94. The van der Waals surface area contributed by atoms with Crippen molar-refractivity contribution in [1.82, 2.24) is 0 Å². The molecule has 0 atom stereocenters. The van der Waals surface area contributed by atoms with Crippen molar-refractivity contribution < 1.29 is 14.2 Å². The third-order valence-corrected chi connectivity index (χ3v) is 5.31. The largest absolute Gasteiger partial charge is 0.385 e. The molecule has 98 valence electrons. The first-order valence-electron chi connectivity index (χ1n) is 6.04. The summed E-state index contributed by atoms with van der Waals surface area (Å²) in [4.78, 5) is 0. The zero-order chi connectivity index (χ0) is 12.1. The summed E-state index contributed by atoms with van der Waals surface area (Å²) >= 11 is 0. The molecular weight excluding hydrogens is 223 g/mol. The van der Waals surface area contributed by atoms with Crippen molar-refractivity contribution in [3.63, 3.8) is 0 Å². The highest BCUT2D eigenvalue weighted by Gasteiger charge is 2.07. The molecule has 0 spiro atoms. The van der Waals surface area contributed by atoms with E-state index in [1.807, 2.05) is 0 Å². The van der Waals surface area contributed by atoms with E-state index in [9.17, 15) is 0 Å². The molecule has 4 heteroatoms. The van der Waals surface area contributed by atoms with Crippen molar-refractivity contribution in [2.24, 2.45) is 0 Å².